The number of hydrogen-bond acceptors (Lipinski definition) is 8. The van der Waals surface area contributed by atoms with Gasteiger partial charge in [0.1, 0.15) is 0 Å². The summed E-state index contributed by atoms with van der Waals surface area (Å²) in [4.78, 5) is 2.08. The van der Waals surface area contributed by atoms with Crippen molar-refractivity contribution in [2.24, 2.45) is 0 Å². The zero-order chi connectivity index (χ0) is 22.9. The molecule has 0 unspecified atom stereocenters. The molecule has 0 aliphatic carbocycles. The van der Waals surface area contributed by atoms with E-state index in [1.807, 2.05) is 32.3 Å². The van der Waals surface area contributed by atoms with Gasteiger partial charge in [0.25, 0.3) is 0 Å². The van der Waals surface area contributed by atoms with E-state index in [0.29, 0.717) is 0 Å². The maximum atomic E-state index is 11.9. The number of hydrogen-bond donors (Lipinski definition) is 0. The number of benzene rings is 1. The molecule has 0 heterocycles. The Morgan fingerprint density at radius 3 is 1.60 bits per heavy atom. The minimum absolute atomic E-state index is 0. The van der Waals surface area contributed by atoms with Gasteiger partial charge in [0.15, 0.2) is 26.2 Å². The maximum absolute atomic E-state index is 11.9. The van der Waals surface area contributed by atoms with Gasteiger partial charge in [-0.3, -0.25) is 0 Å². The molecule has 0 fully saturated rings. The molecular weight excluding hydrogens is 465 g/mol. The van der Waals surface area contributed by atoms with Crippen LogP contribution in [0.1, 0.15) is 26.7 Å². The number of rotatable bonds is 10. The second-order valence-corrected chi connectivity index (χ2v) is 12.5. The van der Waals surface area contributed by atoms with Crippen LogP contribution in [0.5, 0.6) is 0 Å². The Bertz CT molecular complexity index is 929. The van der Waals surface area contributed by atoms with Crippen molar-refractivity contribution in [2.45, 2.75) is 31.3 Å². The van der Waals surface area contributed by atoms with E-state index >= 15 is 0 Å². The van der Waals surface area contributed by atoms with Crippen molar-refractivity contribution in [1.29, 1.82) is 0 Å². The van der Waals surface area contributed by atoms with Crippen LogP contribution in [0.3, 0.4) is 0 Å². The van der Waals surface area contributed by atoms with Gasteiger partial charge in [-0.2, -0.15) is 8.42 Å². The summed E-state index contributed by atoms with van der Waals surface area (Å²) in [6.07, 6.45) is 0.242. The molecule has 0 saturated carbocycles. The predicted octanol–water partition coefficient (Wildman–Crippen LogP) is -1.79. The van der Waals surface area contributed by atoms with E-state index in [2.05, 4.69) is 17.0 Å². The summed E-state index contributed by atoms with van der Waals surface area (Å²) in [5.41, 5.74) is 10.3. The van der Waals surface area contributed by atoms with E-state index in [9.17, 15) is 29.8 Å². The Morgan fingerprint density at radius 1 is 0.933 bits per heavy atom. The van der Waals surface area contributed by atoms with E-state index < -0.39 is 56.7 Å². The molecular formula is C16H28N3NaO7S3. The van der Waals surface area contributed by atoms with Gasteiger partial charge in [-0.15, -0.1) is 0 Å². The number of anilines is 1. The molecule has 10 nitrogen and oxygen atoms in total. The van der Waals surface area contributed by atoms with Crippen LogP contribution in [0.2, 0.25) is 0 Å². The molecule has 30 heavy (non-hydrogen) atoms. The van der Waals surface area contributed by atoms with Crippen molar-refractivity contribution in [3.63, 3.8) is 0 Å². The van der Waals surface area contributed by atoms with Crippen LogP contribution < -0.4 is 34.5 Å². The van der Waals surface area contributed by atoms with Crippen molar-refractivity contribution in [1.82, 2.24) is 0 Å². The van der Waals surface area contributed by atoms with Gasteiger partial charge in [0, 0.05) is 19.8 Å². The first-order valence-electron chi connectivity index (χ1n) is 8.77. The molecule has 168 valence electrons. The Balaban J connectivity index is 0. The fourth-order valence-electron chi connectivity index (χ4n) is 2.23. The molecule has 1 aromatic carbocycles. The van der Waals surface area contributed by atoms with Gasteiger partial charge in [0.05, 0.1) is 11.5 Å². The average molecular weight is 494 g/mol. The van der Waals surface area contributed by atoms with Crippen LogP contribution in [-0.4, -0.2) is 70.6 Å². The zero-order valence-corrected chi connectivity index (χ0v) is 22.4. The van der Waals surface area contributed by atoms with E-state index in [1.165, 1.54) is 19.5 Å². The summed E-state index contributed by atoms with van der Waals surface area (Å²) in [6, 6.07) is 10.3. The van der Waals surface area contributed by atoms with Crippen molar-refractivity contribution in [3.8, 4) is 0 Å². The number of sulfone groups is 2. The Labute approximate surface area is 202 Å². The number of para-hydroxylation sites is 1. The molecule has 0 atom stereocenters. The van der Waals surface area contributed by atoms with E-state index in [0.717, 1.165) is 0 Å². The molecule has 0 N–H and O–H groups in total. The third kappa shape index (κ3) is 11.2. The fourth-order valence-corrected chi connectivity index (χ4v) is 7.51. The second-order valence-electron chi connectivity index (χ2n) is 6.36. The molecule has 0 aliphatic rings. The molecule has 0 saturated heterocycles. The summed E-state index contributed by atoms with van der Waals surface area (Å²) in [7, 11) is -9.67. The first-order chi connectivity index (χ1) is 13.2. The Hall–Kier alpha value is -0.570. The van der Waals surface area contributed by atoms with Crippen LogP contribution in [-0.2, 0) is 30.0 Å². The smallest absolute Gasteiger partial charge is 0.694 e. The molecule has 0 aromatic heterocycles. The van der Waals surface area contributed by atoms with Crippen LogP contribution in [0.15, 0.2) is 30.3 Å². The average Bonchev–Trinajstić information content (AvgIpc) is 2.59. The third-order valence-electron chi connectivity index (χ3n) is 3.61. The topological polar surface area (TPSA) is 154 Å². The molecule has 1 rings (SSSR count). The van der Waals surface area contributed by atoms with Crippen LogP contribution in [0.25, 0.3) is 5.53 Å². The maximum Gasteiger partial charge on any atom is 1.00 e. The summed E-state index contributed by atoms with van der Waals surface area (Å²) >= 11 is 0. The van der Waals surface area contributed by atoms with Crippen molar-refractivity contribution in [3.05, 3.63) is 35.9 Å². The van der Waals surface area contributed by atoms with Gasteiger partial charge >= 0.3 is 39.9 Å². The molecule has 0 spiro atoms. The third-order valence-corrected chi connectivity index (χ3v) is 9.89. The van der Waals surface area contributed by atoms with Crippen molar-refractivity contribution >= 4 is 35.7 Å². The molecule has 0 aliphatic heterocycles. The minimum Gasteiger partial charge on any atom is -0.694 e. The van der Waals surface area contributed by atoms with E-state index in [-0.39, 0.29) is 42.4 Å². The molecule has 0 amide bonds. The largest absolute Gasteiger partial charge is 1.00 e. The van der Waals surface area contributed by atoms with Gasteiger partial charge < -0.3 is 15.0 Å². The minimum atomic E-state index is -5.34. The second kappa shape index (κ2) is 13.8. The standard InChI is InChI=1S/C8H18N2O7S3.C8H11N.Na/c1-3-5-18(11,12)8(19(13,14)6-4-2)7-10(9)20(15,16)17;1-9(2)8-6-4-3-5-7-8;/h8H,3-7H2,1-2H3,(H,15,16,17);3-7H,1-2H3;/q;;+1/p-1. The van der Waals surface area contributed by atoms with E-state index in [4.69, 9.17) is 5.53 Å². The molecule has 0 bridgehead atoms. The first-order valence-corrected chi connectivity index (χ1v) is 13.6. The monoisotopic (exact) mass is 493 g/mol. The first kappa shape index (κ1) is 31.6. The Kier molecular flexibility index (Phi) is 14.5. The quantitative estimate of drug-likeness (QED) is 0.160. The Morgan fingerprint density at radius 2 is 1.33 bits per heavy atom. The predicted molar refractivity (Wildman–Crippen MR) is 111 cm³/mol. The van der Waals surface area contributed by atoms with Crippen LogP contribution in [0.4, 0.5) is 5.69 Å². The summed E-state index contributed by atoms with van der Waals surface area (Å²) in [5, 5.41) is 0. The number of nitrogens with zero attached hydrogens (tertiary/aromatic N) is 3. The van der Waals surface area contributed by atoms with Crippen LogP contribution >= 0.6 is 0 Å². The molecule has 1 aromatic rings. The van der Waals surface area contributed by atoms with Gasteiger partial charge in [-0.25, -0.2) is 20.9 Å². The summed E-state index contributed by atoms with van der Waals surface area (Å²) < 4.78 is 76.4. The fraction of sp³-hybridized carbons (Fsp3) is 0.625. The van der Waals surface area contributed by atoms with Crippen LogP contribution in [0, 0.1) is 0 Å². The summed E-state index contributed by atoms with van der Waals surface area (Å²) in [6.45, 7) is 1.68. The molecule has 0 radical (unpaired) electrons. The van der Waals surface area contributed by atoms with Crippen molar-refractivity contribution in [2.75, 3.05) is 37.0 Å². The molecule has 14 heteroatoms. The van der Waals surface area contributed by atoms with Gasteiger partial charge in [-0.1, -0.05) is 32.0 Å². The van der Waals surface area contributed by atoms with Crippen molar-refractivity contribution < 1.29 is 63.5 Å². The normalized spacial score (nSPS) is 11.8. The summed E-state index contributed by atoms with van der Waals surface area (Å²) in [5.74, 6) is -0.985. The zero-order valence-electron chi connectivity index (χ0n) is 17.9. The van der Waals surface area contributed by atoms with Gasteiger partial charge in [-0.05, 0) is 25.0 Å². The SMILES string of the molecule is CCCS(=O)(=O)C(C[N+](=[N-])S(=O)(=O)[O-])S(=O)(=O)CCC.CN(C)c1ccccc1.[Na+]. The van der Waals surface area contributed by atoms with Gasteiger partial charge in [0.2, 0.25) is 4.58 Å². The van der Waals surface area contributed by atoms with E-state index in [1.54, 1.807) is 0 Å².